The van der Waals surface area contributed by atoms with Crippen LogP contribution < -0.4 is 10.4 Å². The molecule has 3 heteroatoms. The molecular formula is C21H33ClSiZn. The zero-order valence-electron chi connectivity index (χ0n) is 14.7. The maximum absolute atomic E-state index is 6.47. The van der Waals surface area contributed by atoms with Gasteiger partial charge < -0.3 is 13.8 Å². The summed E-state index contributed by atoms with van der Waals surface area (Å²) in [6.45, 7) is 11.4. The molecule has 0 radical (unpaired) electrons. The Kier molecular flexibility index (Phi) is 24.4. The number of hydrogen-bond acceptors (Lipinski definition) is 0. The van der Waals surface area contributed by atoms with Crippen LogP contribution in [0.25, 0.3) is 0 Å². The summed E-state index contributed by atoms with van der Waals surface area (Å²) >= 11 is 6.47. The molecule has 0 aliphatic rings. The molecule has 0 aliphatic carbocycles. The monoisotopic (exact) mass is 412 g/mol. The summed E-state index contributed by atoms with van der Waals surface area (Å²) in [6.07, 6.45) is 4.56. The first-order chi connectivity index (χ1) is 10.7. The van der Waals surface area contributed by atoms with Gasteiger partial charge in [0.15, 0.2) is 0 Å². The van der Waals surface area contributed by atoms with Crippen molar-refractivity contribution in [1.82, 2.24) is 0 Å². The Morgan fingerprint density at radius 1 is 0.750 bits per heavy atom. The van der Waals surface area contributed by atoms with Crippen molar-refractivity contribution in [3.8, 4) is 0 Å². The summed E-state index contributed by atoms with van der Waals surface area (Å²) < 4.78 is 0. The molecule has 0 atom stereocenters. The van der Waals surface area contributed by atoms with Crippen LogP contribution >= 0.6 is 11.1 Å². The Balaban J connectivity index is -0.000000378. The summed E-state index contributed by atoms with van der Waals surface area (Å²) in [5.41, 5.74) is 0. The van der Waals surface area contributed by atoms with Gasteiger partial charge in [-0.1, -0.05) is 94.8 Å². The van der Waals surface area contributed by atoms with Gasteiger partial charge in [0, 0.05) is 0 Å². The third-order valence-corrected chi connectivity index (χ3v) is 6.34. The van der Waals surface area contributed by atoms with Gasteiger partial charge in [-0.15, -0.1) is 0 Å². The van der Waals surface area contributed by atoms with Gasteiger partial charge in [0.25, 0.3) is 0 Å². The molecule has 2 aromatic carbocycles. The van der Waals surface area contributed by atoms with Crippen molar-refractivity contribution in [2.24, 2.45) is 0 Å². The minimum absolute atomic E-state index is 0. The molecule has 24 heavy (non-hydrogen) atoms. The van der Waals surface area contributed by atoms with Crippen LogP contribution in [0.4, 0.5) is 0 Å². The Morgan fingerprint density at radius 2 is 1.00 bits per heavy atom. The molecule has 0 spiro atoms. The fourth-order valence-corrected chi connectivity index (χ4v) is 3.81. The first-order valence-electron chi connectivity index (χ1n) is 8.03. The number of halogens is 1. The van der Waals surface area contributed by atoms with Gasteiger partial charge in [-0.3, -0.25) is 0 Å². The Hall–Kier alpha value is -0.430. The minimum Gasteiger partial charge on any atom is -0.343 e. The van der Waals surface area contributed by atoms with E-state index in [1.165, 1.54) is 23.2 Å². The number of unbranched alkanes of at least 4 members (excludes halogenated alkanes) is 2. The minimum atomic E-state index is -1.45. The standard InChI is InChI=1S/C12H11ClSi.2C4H9.CH4.Zn/c13-14(11-7-3-1-4-8-11)12-9-5-2-6-10-12;2*1-3-4-2;;/h1-10,14H;2*1,3-4H2,2H3;1H4;/q;2*-1;;+2. The van der Waals surface area contributed by atoms with Crippen LogP contribution in [0.3, 0.4) is 0 Å². The van der Waals surface area contributed by atoms with Gasteiger partial charge in [0.05, 0.1) is 0 Å². The van der Waals surface area contributed by atoms with E-state index in [4.69, 9.17) is 11.1 Å². The molecule has 0 fully saturated rings. The quantitative estimate of drug-likeness (QED) is 0.345. The zero-order chi connectivity index (χ0) is 16.6. The summed E-state index contributed by atoms with van der Waals surface area (Å²) in [4.78, 5) is 0. The van der Waals surface area contributed by atoms with Crippen molar-refractivity contribution in [2.75, 3.05) is 0 Å². The normalized spacial score (nSPS) is 8.58. The SMILES string of the molecule is C.Cl[SiH](c1ccccc1)c1ccccc1.[CH2-]CCC.[CH2-]CCC.[Zn+2]. The van der Waals surface area contributed by atoms with E-state index >= 15 is 0 Å². The molecule has 2 aromatic rings. The van der Waals surface area contributed by atoms with E-state index in [0.717, 1.165) is 12.8 Å². The number of rotatable bonds is 4. The summed E-state index contributed by atoms with van der Waals surface area (Å²) in [6, 6.07) is 20.6. The zero-order valence-corrected chi connectivity index (χ0v) is 19.6. The molecule has 0 amide bonds. The fourth-order valence-electron chi connectivity index (χ4n) is 1.44. The van der Waals surface area contributed by atoms with Crippen molar-refractivity contribution < 1.29 is 19.5 Å². The molecule has 0 nitrogen and oxygen atoms in total. The van der Waals surface area contributed by atoms with Crippen LogP contribution in [0, 0.1) is 13.8 Å². The van der Waals surface area contributed by atoms with Crippen LogP contribution in [0.15, 0.2) is 60.7 Å². The predicted molar refractivity (Wildman–Crippen MR) is 112 cm³/mol. The van der Waals surface area contributed by atoms with Crippen molar-refractivity contribution in [3.63, 3.8) is 0 Å². The molecule has 0 aromatic heterocycles. The van der Waals surface area contributed by atoms with Gasteiger partial charge in [0.1, 0.15) is 0 Å². The fraction of sp³-hybridized carbons (Fsp3) is 0.333. The van der Waals surface area contributed by atoms with E-state index in [1.54, 1.807) is 0 Å². The average Bonchev–Trinajstić information content (AvgIpc) is 2.63. The van der Waals surface area contributed by atoms with E-state index in [9.17, 15) is 0 Å². The molecule has 0 aliphatic heterocycles. The first-order valence-corrected chi connectivity index (χ1v) is 10.9. The predicted octanol–water partition coefficient (Wildman–Crippen LogP) is 5.64. The smallest absolute Gasteiger partial charge is 0.343 e. The van der Waals surface area contributed by atoms with Crippen LogP contribution in [0.5, 0.6) is 0 Å². The van der Waals surface area contributed by atoms with E-state index < -0.39 is 8.11 Å². The molecule has 0 N–H and O–H groups in total. The second-order valence-electron chi connectivity index (χ2n) is 4.89. The molecular weight excluding hydrogens is 381 g/mol. The molecule has 0 heterocycles. The summed E-state index contributed by atoms with van der Waals surface area (Å²) in [5, 5.41) is 2.56. The maximum Gasteiger partial charge on any atom is 2.00 e. The van der Waals surface area contributed by atoms with Crippen molar-refractivity contribution >= 4 is 29.6 Å². The molecule has 130 valence electrons. The van der Waals surface area contributed by atoms with Crippen molar-refractivity contribution in [2.45, 2.75) is 47.0 Å². The topological polar surface area (TPSA) is 0 Å². The number of hydrogen-bond donors (Lipinski definition) is 0. The second-order valence-corrected chi connectivity index (χ2v) is 8.26. The Morgan fingerprint density at radius 3 is 1.21 bits per heavy atom. The first kappa shape index (κ1) is 28.4. The third kappa shape index (κ3) is 14.0. The average molecular weight is 414 g/mol. The summed E-state index contributed by atoms with van der Waals surface area (Å²) in [5.74, 6) is 0. The van der Waals surface area contributed by atoms with E-state index in [-0.39, 0.29) is 26.9 Å². The molecule has 2 rings (SSSR count). The molecule has 0 bridgehead atoms. The Bertz CT molecular complexity index is 400. The molecule has 0 unspecified atom stereocenters. The van der Waals surface area contributed by atoms with Gasteiger partial charge in [0.2, 0.25) is 8.11 Å². The van der Waals surface area contributed by atoms with Crippen LogP contribution in [-0.2, 0) is 19.5 Å². The van der Waals surface area contributed by atoms with Crippen molar-refractivity contribution in [3.05, 3.63) is 74.5 Å². The maximum atomic E-state index is 6.47. The second kappa shape index (κ2) is 20.6. The van der Waals surface area contributed by atoms with Gasteiger partial charge in [-0.05, 0) is 10.4 Å². The van der Waals surface area contributed by atoms with E-state index in [0.29, 0.717) is 0 Å². The van der Waals surface area contributed by atoms with Crippen LogP contribution in [0.2, 0.25) is 0 Å². The van der Waals surface area contributed by atoms with Crippen LogP contribution in [0.1, 0.15) is 47.0 Å². The number of benzene rings is 2. The van der Waals surface area contributed by atoms with E-state index in [2.05, 4.69) is 52.0 Å². The van der Waals surface area contributed by atoms with Gasteiger partial charge in [-0.25, -0.2) is 0 Å². The molecule has 0 saturated carbocycles. The van der Waals surface area contributed by atoms with Crippen LogP contribution in [-0.4, -0.2) is 8.11 Å². The van der Waals surface area contributed by atoms with Gasteiger partial charge >= 0.3 is 19.5 Å². The third-order valence-electron chi connectivity index (χ3n) is 2.89. The van der Waals surface area contributed by atoms with E-state index in [1.807, 2.05) is 36.4 Å². The summed E-state index contributed by atoms with van der Waals surface area (Å²) in [7, 11) is -1.45. The Labute approximate surface area is 170 Å². The molecule has 0 saturated heterocycles. The largest absolute Gasteiger partial charge is 2.00 e. The van der Waals surface area contributed by atoms with Gasteiger partial charge in [-0.2, -0.15) is 23.9 Å². The van der Waals surface area contributed by atoms with Crippen molar-refractivity contribution in [1.29, 1.82) is 0 Å².